The molecular weight excluding hydrogens is 289 g/mol. The van der Waals surface area contributed by atoms with Crippen LogP contribution in [0, 0.1) is 0 Å². The summed E-state index contributed by atoms with van der Waals surface area (Å²) in [6.45, 7) is 5.06. The molecule has 0 atom stereocenters. The van der Waals surface area contributed by atoms with Crippen molar-refractivity contribution in [2.24, 2.45) is 0 Å². The molecule has 0 saturated heterocycles. The number of phenolic OH excluding ortho intramolecular Hbond substituents is 1. The molecule has 92 valence electrons. The topological polar surface area (TPSA) is 32.3 Å². The minimum Gasteiger partial charge on any atom is -0.508 e. The Kier molecular flexibility index (Phi) is 7.81. The lowest BCUT2D eigenvalue weighted by atomic mass is 10.1. The predicted molar refractivity (Wildman–Crippen MR) is 74.3 cm³/mol. The van der Waals surface area contributed by atoms with Crippen LogP contribution in [0.15, 0.2) is 22.7 Å². The number of benzene rings is 1. The second-order valence-corrected chi connectivity index (χ2v) is 4.58. The van der Waals surface area contributed by atoms with Crippen molar-refractivity contribution in [2.75, 3.05) is 0 Å². The molecule has 0 bridgehead atoms. The molecule has 1 aromatic rings. The minimum absolute atomic E-state index is 0. The summed E-state index contributed by atoms with van der Waals surface area (Å²) in [5, 5.41) is 13.1. The van der Waals surface area contributed by atoms with Gasteiger partial charge in [-0.2, -0.15) is 0 Å². The first-order valence-electron chi connectivity index (χ1n) is 5.38. The van der Waals surface area contributed by atoms with Crippen LogP contribution >= 0.6 is 28.3 Å². The van der Waals surface area contributed by atoms with Crippen LogP contribution in [-0.4, -0.2) is 11.1 Å². The Morgan fingerprint density at radius 1 is 1.31 bits per heavy atom. The Balaban J connectivity index is 0.00000225. The van der Waals surface area contributed by atoms with E-state index in [1.54, 1.807) is 6.07 Å². The Bertz CT molecular complexity index is 316. The molecule has 16 heavy (non-hydrogen) atoms. The standard InChI is InChI=1S/C12H18BrNO.ClH/c1-3-11(4-2)14-8-9-7-10(13)5-6-12(9)15;/h5-7,11,14-15H,3-4,8H2,1-2H3;1H. The number of phenols is 1. The van der Waals surface area contributed by atoms with Crippen molar-refractivity contribution in [1.82, 2.24) is 5.32 Å². The minimum atomic E-state index is 0. The first-order chi connectivity index (χ1) is 7.17. The molecule has 0 unspecified atom stereocenters. The van der Waals surface area contributed by atoms with Gasteiger partial charge in [-0.05, 0) is 31.0 Å². The van der Waals surface area contributed by atoms with Gasteiger partial charge in [0.1, 0.15) is 5.75 Å². The van der Waals surface area contributed by atoms with Gasteiger partial charge in [0.25, 0.3) is 0 Å². The van der Waals surface area contributed by atoms with Gasteiger partial charge in [0, 0.05) is 22.6 Å². The van der Waals surface area contributed by atoms with Gasteiger partial charge >= 0.3 is 0 Å². The Hall–Kier alpha value is -0.250. The number of hydrogen-bond donors (Lipinski definition) is 2. The molecule has 4 heteroatoms. The van der Waals surface area contributed by atoms with Crippen LogP contribution < -0.4 is 5.32 Å². The fourth-order valence-corrected chi connectivity index (χ4v) is 1.94. The molecule has 0 fully saturated rings. The largest absolute Gasteiger partial charge is 0.508 e. The summed E-state index contributed by atoms with van der Waals surface area (Å²) in [4.78, 5) is 0. The van der Waals surface area contributed by atoms with Crippen molar-refractivity contribution in [3.63, 3.8) is 0 Å². The zero-order valence-electron chi connectivity index (χ0n) is 9.66. The van der Waals surface area contributed by atoms with Gasteiger partial charge in [0.05, 0.1) is 0 Å². The fourth-order valence-electron chi connectivity index (χ4n) is 1.53. The molecule has 0 aliphatic heterocycles. The maximum atomic E-state index is 9.63. The van der Waals surface area contributed by atoms with Gasteiger partial charge in [-0.1, -0.05) is 29.8 Å². The molecule has 2 nitrogen and oxygen atoms in total. The van der Waals surface area contributed by atoms with E-state index in [1.165, 1.54) is 0 Å². The first-order valence-corrected chi connectivity index (χ1v) is 6.17. The second kappa shape index (κ2) is 7.93. The second-order valence-electron chi connectivity index (χ2n) is 3.67. The number of aromatic hydroxyl groups is 1. The summed E-state index contributed by atoms with van der Waals surface area (Å²) in [5.74, 6) is 0.358. The summed E-state index contributed by atoms with van der Waals surface area (Å²) in [6.07, 6.45) is 2.23. The lowest BCUT2D eigenvalue weighted by Crippen LogP contribution is -2.26. The molecule has 1 rings (SSSR count). The predicted octanol–water partition coefficient (Wildman–Crippen LogP) is 3.85. The lowest BCUT2D eigenvalue weighted by molar-refractivity contribution is 0.447. The molecule has 0 aliphatic rings. The molecule has 1 aromatic carbocycles. The van der Waals surface area contributed by atoms with E-state index < -0.39 is 0 Å². The van der Waals surface area contributed by atoms with Crippen molar-refractivity contribution in [1.29, 1.82) is 0 Å². The lowest BCUT2D eigenvalue weighted by Gasteiger charge is -2.15. The molecule has 0 saturated carbocycles. The van der Waals surface area contributed by atoms with Crippen molar-refractivity contribution in [2.45, 2.75) is 39.3 Å². The summed E-state index contributed by atoms with van der Waals surface area (Å²) < 4.78 is 1.00. The van der Waals surface area contributed by atoms with E-state index in [2.05, 4.69) is 35.1 Å². The van der Waals surface area contributed by atoms with E-state index in [0.29, 0.717) is 11.8 Å². The van der Waals surface area contributed by atoms with Crippen LogP contribution in [0.4, 0.5) is 0 Å². The smallest absolute Gasteiger partial charge is 0.120 e. The monoisotopic (exact) mass is 307 g/mol. The Labute approximate surface area is 112 Å². The van der Waals surface area contributed by atoms with Crippen LogP contribution in [0.1, 0.15) is 32.3 Å². The van der Waals surface area contributed by atoms with Crippen LogP contribution in [0.25, 0.3) is 0 Å². The van der Waals surface area contributed by atoms with E-state index in [4.69, 9.17) is 0 Å². The third-order valence-corrected chi connectivity index (χ3v) is 3.10. The van der Waals surface area contributed by atoms with Gasteiger partial charge < -0.3 is 10.4 Å². The average molecular weight is 309 g/mol. The highest BCUT2D eigenvalue weighted by Gasteiger charge is 2.05. The average Bonchev–Trinajstić information content (AvgIpc) is 2.24. The molecule has 0 heterocycles. The number of nitrogens with one attached hydrogen (secondary N) is 1. The zero-order valence-corrected chi connectivity index (χ0v) is 12.1. The van der Waals surface area contributed by atoms with Crippen molar-refractivity contribution >= 4 is 28.3 Å². The van der Waals surface area contributed by atoms with Crippen LogP contribution in [0.3, 0.4) is 0 Å². The van der Waals surface area contributed by atoms with Crippen LogP contribution in [0.2, 0.25) is 0 Å². The van der Waals surface area contributed by atoms with Crippen molar-refractivity contribution < 1.29 is 5.11 Å². The molecule has 0 amide bonds. The number of hydrogen-bond acceptors (Lipinski definition) is 2. The third-order valence-electron chi connectivity index (χ3n) is 2.61. The molecule has 0 aliphatic carbocycles. The van der Waals surface area contributed by atoms with E-state index >= 15 is 0 Å². The zero-order chi connectivity index (χ0) is 11.3. The highest BCUT2D eigenvalue weighted by Crippen LogP contribution is 2.21. The summed E-state index contributed by atoms with van der Waals surface area (Å²) in [5.41, 5.74) is 0.941. The summed E-state index contributed by atoms with van der Waals surface area (Å²) in [6, 6.07) is 6.04. The normalized spacial score (nSPS) is 10.2. The maximum absolute atomic E-state index is 9.63. The van der Waals surface area contributed by atoms with Gasteiger partial charge in [0.15, 0.2) is 0 Å². The van der Waals surface area contributed by atoms with E-state index in [1.807, 2.05) is 12.1 Å². The van der Waals surface area contributed by atoms with Gasteiger partial charge in [-0.25, -0.2) is 0 Å². The Morgan fingerprint density at radius 2 is 1.94 bits per heavy atom. The molecule has 2 N–H and O–H groups in total. The van der Waals surface area contributed by atoms with E-state index in [0.717, 1.165) is 29.4 Å². The van der Waals surface area contributed by atoms with Crippen molar-refractivity contribution in [3.8, 4) is 5.75 Å². The molecule has 0 radical (unpaired) electrons. The summed E-state index contributed by atoms with van der Waals surface area (Å²) >= 11 is 3.40. The van der Waals surface area contributed by atoms with Crippen LogP contribution in [-0.2, 0) is 6.54 Å². The van der Waals surface area contributed by atoms with E-state index in [9.17, 15) is 5.11 Å². The quantitative estimate of drug-likeness (QED) is 0.866. The summed E-state index contributed by atoms with van der Waals surface area (Å²) in [7, 11) is 0. The number of halogens is 2. The Morgan fingerprint density at radius 3 is 2.50 bits per heavy atom. The van der Waals surface area contributed by atoms with Gasteiger partial charge in [-0.3, -0.25) is 0 Å². The third kappa shape index (κ3) is 4.73. The maximum Gasteiger partial charge on any atom is 0.120 e. The van der Waals surface area contributed by atoms with Crippen molar-refractivity contribution in [3.05, 3.63) is 28.2 Å². The molecule has 0 aromatic heterocycles. The van der Waals surface area contributed by atoms with Gasteiger partial charge in [0.2, 0.25) is 0 Å². The van der Waals surface area contributed by atoms with Crippen LogP contribution in [0.5, 0.6) is 5.75 Å². The number of rotatable bonds is 5. The highest BCUT2D eigenvalue weighted by atomic mass is 79.9. The fraction of sp³-hybridized carbons (Fsp3) is 0.500. The van der Waals surface area contributed by atoms with Gasteiger partial charge in [-0.15, -0.1) is 12.4 Å². The van der Waals surface area contributed by atoms with E-state index in [-0.39, 0.29) is 12.4 Å². The first kappa shape index (κ1) is 15.8. The SMILES string of the molecule is CCC(CC)NCc1cc(Br)ccc1O.Cl. The molecule has 0 spiro atoms. The molecular formula is C12H19BrClNO. The highest BCUT2D eigenvalue weighted by molar-refractivity contribution is 9.10.